The predicted molar refractivity (Wildman–Crippen MR) is 77.6 cm³/mol. The smallest absolute Gasteiger partial charge is 0.325 e. The molecule has 4 amide bonds. The Balaban J connectivity index is 1.80. The van der Waals surface area contributed by atoms with Gasteiger partial charge >= 0.3 is 6.03 Å². The first-order valence-corrected chi connectivity index (χ1v) is 7.47. The number of nitrogens with zero attached hydrogens (tertiary/aromatic N) is 2. The summed E-state index contributed by atoms with van der Waals surface area (Å²) in [5.41, 5.74) is -0.839. The van der Waals surface area contributed by atoms with Crippen molar-refractivity contribution in [1.29, 1.82) is 0 Å². The summed E-state index contributed by atoms with van der Waals surface area (Å²) in [6.07, 6.45) is 0.868. The molecule has 0 bridgehead atoms. The first-order valence-electron chi connectivity index (χ1n) is 7.47. The minimum absolute atomic E-state index is 0.0929. The molecule has 0 spiro atoms. The average Bonchev–Trinajstić information content (AvgIpc) is 2.60. The second-order valence-electron chi connectivity index (χ2n) is 6.26. The number of hydrogen-bond donors (Lipinski definition) is 2. The number of amides is 4. The van der Waals surface area contributed by atoms with E-state index in [9.17, 15) is 14.4 Å². The minimum Gasteiger partial charge on any atom is -0.337 e. The van der Waals surface area contributed by atoms with E-state index in [1.54, 1.807) is 13.8 Å². The van der Waals surface area contributed by atoms with Gasteiger partial charge < -0.3 is 15.5 Å². The highest BCUT2D eigenvalue weighted by atomic mass is 16.2. The molecule has 118 valence electrons. The maximum absolute atomic E-state index is 12.2. The third-order valence-electron chi connectivity index (χ3n) is 4.04. The number of piperazine rings is 1. The van der Waals surface area contributed by atoms with Crippen molar-refractivity contribution < 1.29 is 14.4 Å². The number of carbonyl (C=O) groups excluding carboxylic acids is 3. The van der Waals surface area contributed by atoms with E-state index >= 15 is 0 Å². The number of nitrogens with one attached hydrogen (secondary N) is 2. The van der Waals surface area contributed by atoms with Crippen LogP contribution < -0.4 is 10.6 Å². The van der Waals surface area contributed by atoms with Crippen LogP contribution in [0, 0.1) is 0 Å². The average molecular weight is 296 g/mol. The Hall–Kier alpha value is -1.63. The number of imide groups is 1. The number of rotatable bonds is 4. The maximum atomic E-state index is 12.2. The van der Waals surface area contributed by atoms with Crippen molar-refractivity contribution >= 4 is 17.8 Å². The highest BCUT2D eigenvalue weighted by Crippen LogP contribution is 2.17. The fourth-order valence-corrected chi connectivity index (χ4v) is 2.76. The summed E-state index contributed by atoms with van der Waals surface area (Å²) in [4.78, 5) is 39.0. The summed E-state index contributed by atoms with van der Waals surface area (Å²) in [7, 11) is 0. The van der Waals surface area contributed by atoms with Crippen molar-refractivity contribution in [2.45, 2.75) is 45.2 Å². The Kier molecular flexibility index (Phi) is 4.51. The molecule has 21 heavy (non-hydrogen) atoms. The molecule has 2 aliphatic heterocycles. The van der Waals surface area contributed by atoms with Crippen LogP contribution in [-0.4, -0.2) is 65.4 Å². The van der Waals surface area contributed by atoms with Crippen LogP contribution >= 0.6 is 0 Å². The Morgan fingerprint density at radius 1 is 1.38 bits per heavy atom. The first kappa shape index (κ1) is 15.8. The summed E-state index contributed by atoms with van der Waals surface area (Å²) in [6.45, 7) is 8.02. The molecule has 7 nitrogen and oxygen atoms in total. The van der Waals surface area contributed by atoms with E-state index in [0.29, 0.717) is 19.4 Å². The van der Waals surface area contributed by atoms with Gasteiger partial charge in [0.15, 0.2) is 0 Å². The van der Waals surface area contributed by atoms with Gasteiger partial charge in [-0.1, -0.05) is 0 Å². The van der Waals surface area contributed by atoms with Crippen LogP contribution in [-0.2, 0) is 9.59 Å². The molecule has 0 saturated carbocycles. The second kappa shape index (κ2) is 6.01. The SMILES string of the molecule is C[C@@H]1CNCCN1C(=O)CCCN1C(=O)NC(C)(C)C1=O. The molecule has 2 heterocycles. The van der Waals surface area contributed by atoms with Gasteiger partial charge in [-0.2, -0.15) is 0 Å². The Labute approximate surface area is 125 Å². The van der Waals surface area contributed by atoms with E-state index in [-0.39, 0.29) is 23.9 Å². The number of urea groups is 1. The lowest BCUT2D eigenvalue weighted by Gasteiger charge is -2.34. The summed E-state index contributed by atoms with van der Waals surface area (Å²) >= 11 is 0. The zero-order valence-corrected chi connectivity index (χ0v) is 12.9. The van der Waals surface area contributed by atoms with Crippen LogP contribution in [0.3, 0.4) is 0 Å². The molecule has 2 aliphatic rings. The van der Waals surface area contributed by atoms with Crippen LogP contribution in [0.2, 0.25) is 0 Å². The van der Waals surface area contributed by atoms with E-state index in [2.05, 4.69) is 10.6 Å². The summed E-state index contributed by atoms with van der Waals surface area (Å²) in [6, 6.07) is -0.171. The normalized spacial score (nSPS) is 25.2. The monoisotopic (exact) mass is 296 g/mol. The van der Waals surface area contributed by atoms with Crippen molar-refractivity contribution in [2.75, 3.05) is 26.2 Å². The van der Waals surface area contributed by atoms with Gasteiger partial charge in [-0.15, -0.1) is 0 Å². The zero-order valence-electron chi connectivity index (χ0n) is 12.9. The van der Waals surface area contributed by atoms with Crippen molar-refractivity contribution in [2.24, 2.45) is 0 Å². The molecule has 2 rings (SSSR count). The molecule has 1 atom stereocenters. The molecule has 0 unspecified atom stereocenters. The lowest BCUT2D eigenvalue weighted by molar-refractivity contribution is -0.135. The molecule has 2 fully saturated rings. The predicted octanol–water partition coefficient (Wildman–Crippen LogP) is -0.0827. The van der Waals surface area contributed by atoms with E-state index in [4.69, 9.17) is 0 Å². The summed E-state index contributed by atoms with van der Waals surface area (Å²) < 4.78 is 0. The van der Waals surface area contributed by atoms with Gasteiger partial charge in [0.05, 0.1) is 0 Å². The lowest BCUT2D eigenvalue weighted by atomic mass is 10.1. The quantitative estimate of drug-likeness (QED) is 0.711. The number of hydrogen-bond acceptors (Lipinski definition) is 4. The molecular weight excluding hydrogens is 272 g/mol. The van der Waals surface area contributed by atoms with Crippen molar-refractivity contribution in [3.63, 3.8) is 0 Å². The van der Waals surface area contributed by atoms with E-state index in [1.807, 2.05) is 11.8 Å². The molecule has 2 N–H and O–H groups in total. The van der Waals surface area contributed by atoms with E-state index in [1.165, 1.54) is 4.90 Å². The van der Waals surface area contributed by atoms with Crippen LogP contribution in [0.15, 0.2) is 0 Å². The van der Waals surface area contributed by atoms with Gasteiger partial charge in [0.25, 0.3) is 5.91 Å². The van der Waals surface area contributed by atoms with Gasteiger partial charge in [-0.3, -0.25) is 14.5 Å². The molecule has 7 heteroatoms. The van der Waals surface area contributed by atoms with Crippen LogP contribution in [0.1, 0.15) is 33.6 Å². The molecule has 0 aromatic heterocycles. The van der Waals surface area contributed by atoms with Gasteiger partial charge in [0, 0.05) is 38.6 Å². The lowest BCUT2D eigenvalue weighted by Crippen LogP contribution is -2.52. The van der Waals surface area contributed by atoms with Gasteiger partial charge in [-0.25, -0.2) is 4.79 Å². The standard InChI is InChI=1S/C14H24N4O3/c1-10-9-15-6-8-17(10)11(19)5-4-7-18-12(20)14(2,3)16-13(18)21/h10,15H,4-9H2,1-3H3,(H,16,21)/t10-/m1/s1. The van der Waals surface area contributed by atoms with Crippen molar-refractivity contribution in [3.05, 3.63) is 0 Å². The Morgan fingerprint density at radius 3 is 2.67 bits per heavy atom. The van der Waals surface area contributed by atoms with E-state index in [0.717, 1.165) is 19.6 Å². The third kappa shape index (κ3) is 3.34. The molecule has 0 radical (unpaired) electrons. The van der Waals surface area contributed by atoms with Crippen LogP contribution in [0.5, 0.6) is 0 Å². The molecule has 0 aromatic rings. The van der Waals surface area contributed by atoms with Gasteiger partial charge in [0.1, 0.15) is 5.54 Å². The summed E-state index contributed by atoms with van der Waals surface area (Å²) in [5, 5.41) is 5.88. The molecule has 2 saturated heterocycles. The third-order valence-corrected chi connectivity index (χ3v) is 4.04. The second-order valence-corrected chi connectivity index (χ2v) is 6.26. The molecular formula is C14H24N4O3. The first-order chi connectivity index (χ1) is 9.83. The highest BCUT2D eigenvalue weighted by Gasteiger charge is 2.43. The minimum atomic E-state index is -0.839. The maximum Gasteiger partial charge on any atom is 0.325 e. The molecule has 0 aliphatic carbocycles. The fraction of sp³-hybridized carbons (Fsp3) is 0.786. The van der Waals surface area contributed by atoms with Crippen molar-refractivity contribution in [1.82, 2.24) is 20.4 Å². The highest BCUT2D eigenvalue weighted by molar-refractivity contribution is 6.06. The van der Waals surface area contributed by atoms with Gasteiger partial charge in [0.2, 0.25) is 5.91 Å². The fourth-order valence-electron chi connectivity index (χ4n) is 2.76. The summed E-state index contributed by atoms with van der Waals surface area (Å²) in [5.74, 6) is -0.134. The Morgan fingerprint density at radius 2 is 2.10 bits per heavy atom. The van der Waals surface area contributed by atoms with Crippen LogP contribution in [0.4, 0.5) is 4.79 Å². The van der Waals surface area contributed by atoms with Crippen LogP contribution in [0.25, 0.3) is 0 Å². The van der Waals surface area contributed by atoms with Crippen molar-refractivity contribution in [3.8, 4) is 0 Å². The van der Waals surface area contributed by atoms with E-state index < -0.39 is 5.54 Å². The topological polar surface area (TPSA) is 81.8 Å². The Bertz CT molecular complexity index is 450. The molecule has 0 aromatic carbocycles. The van der Waals surface area contributed by atoms with Gasteiger partial charge in [-0.05, 0) is 27.2 Å². The largest absolute Gasteiger partial charge is 0.337 e. The number of carbonyl (C=O) groups is 3. The zero-order chi connectivity index (χ0) is 15.6.